The highest BCUT2D eigenvalue weighted by Gasteiger charge is 2.08. The molecule has 1 N–H and O–H groups in total. The number of amides is 1. The molecule has 0 aliphatic heterocycles. The van der Waals surface area contributed by atoms with E-state index < -0.39 is 5.91 Å². The van der Waals surface area contributed by atoms with Gasteiger partial charge in [0.05, 0.1) is 24.9 Å². The van der Waals surface area contributed by atoms with E-state index in [1.54, 1.807) is 49.6 Å². The molecule has 24 heavy (non-hydrogen) atoms. The lowest BCUT2D eigenvalue weighted by Crippen LogP contribution is -2.10. The third-order valence-electron chi connectivity index (χ3n) is 3.26. The fraction of sp³-hybridized carbons (Fsp3) is 0.111. The minimum absolute atomic E-state index is 0.288. The van der Waals surface area contributed by atoms with Crippen molar-refractivity contribution in [3.8, 4) is 11.5 Å². The zero-order valence-electron chi connectivity index (χ0n) is 13.2. The Morgan fingerprint density at radius 1 is 1.12 bits per heavy atom. The van der Waals surface area contributed by atoms with Gasteiger partial charge in [-0.15, -0.1) is 0 Å². The molecule has 0 aliphatic carbocycles. The summed E-state index contributed by atoms with van der Waals surface area (Å²) in [4.78, 5) is 23.1. The summed E-state index contributed by atoms with van der Waals surface area (Å²) in [6.07, 6.45) is 3.60. The number of nitrogens with one attached hydrogen (secondary N) is 1. The number of benzene rings is 2. The van der Waals surface area contributed by atoms with E-state index in [2.05, 4.69) is 5.32 Å². The van der Waals surface area contributed by atoms with Gasteiger partial charge in [-0.1, -0.05) is 23.7 Å². The van der Waals surface area contributed by atoms with Crippen molar-refractivity contribution in [2.75, 3.05) is 19.5 Å². The number of carbonyl (C=O) groups is 2. The van der Waals surface area contributed by atoms with E-state index in [4.69, 9.17) is 21.1 Å². The molecule has 0 atom stereocenters. The van der Waals surface area contributed by atoms with Crippen LogP contribution in [-0.2, 0) is 4.79 Å². The lowest BCUT2D eigenvalue weighted by molar-refractivity contribution is -0.111. The number of methoxy groups -OCH3 is 2. The number of para-hydroxylation sites is 1. The topological polar surface area (TPSA) is 64.6 Å². The van der Waals surface area contributed by atoms with Gasteiger partial charge in [-0.05, 0) is 35.9 Å². The Labute approximate surface area is 144 Å². The summed E-state index contributed by atoms with van der Waals surface area (Å²) in [5, 5.41) is 2.90. The van der Waals surface area contributed by atoms with Crippen LogP contribution in [0.25, 0.3) is 6.08 Å². The molecule has 1 amide bonds. The lowest BCUT2D eigenvalue weighted by Gasteiger charge is -2.08. The Bertz CT molecular complexity index is 787. The molecular weight excluding hydrogens is 330 g/mol. The van der Waals surface area contributed by atoms with Gasteiger partial charge in [0, 0.05) is 11.6 Å². The Morgan fingerprint density at radius 2 is 1.88 bits per heavy atom. The Morgan fingerprint density at radius 3 is 2.54 bits per heavy atom. The van der Waals surface area contributed by atoms with Crippen LogP contribution in [0, 0.1) is 0 Å². The highest BCUT2D eigenvalue weighted by molar-refractivity contribution is 6.34. The molecule has 0 saturated heterocycles. The van der Waals surface area contributed by atoms with Crippen molar-refractivity contribution in [1.82, 2.24) is 0 Å². The summed E-state index contributed by atoms with van der Waals surface area (Å²) < 4.78 is 10.4. The zero-order chi connectivity index (χ0) is 17.5. The van der Waals surface area contributed by atoms with Crippen LogP contribution in [-0.4, -0.2) is 26.4 Å². The first-order chi connectivity index (χ1) is 11.6. The van der Waals surface area contributed by atoms with Gasteiger partial charge in [0.15, 0.2) is 17.8 Å². The number of hydrogen-bond donors (Lipinski definition) is 1. The molecule has 2 aromatic rings. The Kier molecular flexibility index (Phi) is 5.98. The first-order valence-corrected chi connectivity index (χ1v) is 7.41. The van der Waals surface area contributed by atoms with E-state index in [1.807, 2.05) is 0 Å². The van der Waals surface area contributed by atoms with E-state index in [-0.39, 0.29) is 5.69 Å². The third kappa shape index (κ3) is 4.14. The van der Waals surface area contributed by atoms with Crippen LogP contribution in [0.3, 0.4) is 0 Å². The van der Waals surface area contributed by atoms with Gasteiger partial charge in [0.25, 0.3) is 0 Å². The summed E-state index contributed by atoms with van der Waals surface area (Å²) >= 11 is 6.01. The molecule has 2 aromatic carbocycles. The van der Waals surface area contributed by atoms with Crippen molar-refractivity contribution in [3.05, 3.63) is 58.6 Å². The van der Waals surface area contributed by atoms with Crippen LogP contribution in [0.15, 0.2) is 42.5 Å². The van der Waals surface area contributed by atoms with Crippen LogP contribution in [0.4, 0.5) is 5.69 Å². The molecule has 0 aliphatic rings. The van der Waals surface area contributed by atoms with Crippen LogP contribution >= 0.6 is 11.6 Å². The number of hydrogen-bond acceptors (Lipinski definition) is 4. The quantitative estimate of drug-likeness (QED) is 0.638. The molecule has 0 radical (unpaired) electrons. The van der Waals surface area contributed by atoms with Crippen LogP contribution < -0.4 is 14.8 Å². The summed E-state index contributed by atoms with van der Waals surface area (Å²) in [6, 6.07) is 10.1. The van der Waals surface area contributed by atoms with Gasteiger partial charge < -0.3 is 14.8 Å². The highest BCUT2D eigenvalue weighted by Crippen LogP contribution is 2.28. The molecular formula is C18H16ClNO4. The molecule has 6 heteroatoms. The van der Waals surface area contributed by atoms with E-state index in [9.17, 15) is 9.59 Å². The van der Waals surface area contributed by atoms with E-state index >= 15 is 0 Å². The molecule has 2 rings (SSSR count). The maximum atomic E-state index is 12.1. The van der Waals surface area contributed by atoms with Gasteiger partial charge in [-0.2, -0.15) is 0 Å². The van der Waals surface area contributed by atoms with Gasteiger partial charge in [-0.25, -0.2) is 0 Å². The van der Waals surface area contributed by atoms with Gasteiger partial charge in [0.1, 0.15) is 0 Å². The third-order valence-corrected chi connectivity index (χ3v) is 3.57. The molecule has 0 bridgehead atoms. The Hall–Kier alpha value is -2.79. The molecule has 0 heterocycles. The largest absolute Gasteiger partial charge is 0.493 e. The SMILES string of the molecule is COc1ccc(/C=C/C(=O)Nc2c(Cl)cccc2C=O)cc1OC. The summed E-state index contributed by atoms with van der Waals surface area (Å²) in [5.74, 6) is 0.765. The van der Waals surface area contributed by atoms with Gasteiger partial charge in [0.2, 0.25) is 5.91 Å². The second-order valence-electron chi connectivity index (χ2n) is 4.76. The van der Waals surface area contributed by atoms with Crippen molar-refractivity contribution in [2.45, 2.75) is 0 Å². The van der Waals surface area contributed by atoms with Crippen LogP contribution in [0.2, 0.25) is 5.02 Å². The molecule has 5 nitrogen and oxygen atoms in total. The fourth-order valence-electron chi connectivity index (χ4n) is 2.06. The number of halogens is 1. The zero-order valence-corrected chi connectivity index (χ0v) is 14.0. The fourth-order valence-corrected chi connectivity index (χ4v) is 2.29. The standard InChI is InChI=1S/C18H16ClNO4/c1-23-15-8-6-12(10-16(15)24-2)7-9-17(22)20-18-13(11-21)4-3-5-14(18)19/h3-11H,1-2H3,(H,20,22)/b9-7+. The maximum absolute atomic E-state index is 12.1. The average molecular weight is 346 g/mol. The van der Waals surface area contributed by atoms with Crippen molar-refractivity contribution in [3.63, 3.8) is 0 Å². The number of rotatable bonds is 6. The molecule has 124 valence electrons. The number of carbonyl (C=O) groups excluding carboxylic acids is 2. The second-order valence-corrected chi connectivity index (χ2v) is 5.17. The number of anilines is 1. The number of aldehydes is 1. The minimum atomic E-state index is -0.402. The van der Waals surface area contributed by atoms with E-state index in [0.717, 1.165) is 5.56 Å². The van der Waals surface area contributed by atoms with Crippen molar-refractivity contribution < 1.29 is 19.1 Å². The van der Waals surface area contributed by atoms with Gasteiger partial charge in [-0.3, -0.25) is 9.59 Å². The van der Waals surface area contributed by atoms with Crippen LogP contribution in [0.5, 0.6) is 11.5 Å². The average Bonchev–Trinajstić information content (AvgIpc) is 2.61. The smallest absolute Gasteiger partial charge is 0.248 e. The molecule has 0 aromatic heterocycles. The lowest BCUT2D eigenvalue weighted by atomic mass is 10.1. The predicted octanol–water partition coefficient (Wildman–Crippen LogP) is 3.82. The Balaban J connectivity index is 2.16. The normalized spacial score (nSPS) is 10.5. The summed E-state index contributed by atoms with van der Waals surface area (Å²) in [5.41, 5.74) is 1.36. The molecule has 0 saturated carbocycles. The van der Waals surface area contributed by atoms with E-state index in [0.29, 0.717) is 28.4 Å². The monoisotopic (exact) mass is 345 g/mol. The minimum Gasteiger partial charge on any atom is -0.493 e. The highest BCUT2D eigenvalue weighted by atomic mass is 35.5. The molecule has 0 fully saturated rings. The van der Waals surface area contributed by atoms with Crippen LogP contribution in [0.1, 0.15) is 15.9 Å². The van der Waals surface area contributed by atoms with Gasteiger partial charge >= 0.3 is 0 Å². The predicted molar refractivity (Wildman–Crippen MR) is 94.0 cm³/mol. The summed E-state index contributed by atoms with van der Waals surface area (Å²) in [6.45, 7) is 0. The second kappa shape index (κ2) is 8.17. The first-order valence-electron chi connectivity index (χ1n) is 7.03. The van der Waals surface area contributed by atoms with Crippen molar-refractivity contribution in [2.24, 2.45) is 0 Å². The summed E-state index contributed by atoms with van der Waals surface area (Å²) in [7, 11) is 3.09. The molecule has 0 spiro atoms. The maximum Gasteiger partial charge on any atom is 0.248 e. The van der Waals surface area contributed by atoms with Crippen molar-refractivity contribution >= 4 is 35.6 Å². The number of ether oxygens (including phenoxy) is 2. The van der Waals surface area contributed by atoms with E-state index in [1.165, 1.54) is 13.2 Å². The van der Waals surface area contributed by atoms with Crippen molar-refractivity contribution in [1.29, 1.82) is 0 Å². The molecule has 0 unspecified atom stereocenters. The first kappa shape index (κ1) is 17.6.